The van der Waals surface area contributed by atoms with Crippen LogP contribution in [0.4, 0.5) is 14.5 Å². The number of hydrogen-bond acceptors (Lipinski definition) is 3. The predicted molar refractivity (Wildman–Crippen MR) is 69.5 cm³/mol. The largest absolute Gasteiger partial charge is 0.375 e. The van der Waals surface area contributed by atoms with Crippen LogP contribution in [0, 0.1) is 11.6 Å². The summed E-state index contributed by atoms with van der Waals surface area (Å²) in [5.41, 5.74) is -0.0230. The topological polar surface area (TPSA) is 50.4 Å². The summed E-state index contributed by atoms with van der Waals surface area (Å²) in [4.78, 5) is 11.6. The lowest BCUT2D eigenvalue weighted by Gasteiger charge is -2.23. The van der Waals surface area contributed by atoms with E-state index in [1.54, 1.807) is 0 Å². The van der Waals surface area contributed by atoms with Gasteiger partial charge >= 0.3 is 0 Å². The van der Waals surface area contributed by atoms with Crippen molar-refractivity contribution in [2.24, 2.45) is 0 Å². The van der Waals surface area contributed by atoms with Gasteiger partial charge < -0.3 is 15.4 Å². The monoisotopic (exact) mass is 292 g/mol. The second kappa shape index (κ2) is 7.37. The summed E-state index contributed by atoms with van der Waals surface area (Å²) in [6.07, 6.45) is -0.0636. The van der Waals surface area contributed by atoms with Crippen LogP contribution in [0.1, 0.15) is 6.42 Å². The summed E-state index contributed by atoms with van der Waals surface area (Å²) in [5, 5.41) is 5.49. The zero-order valence-electron chi connectivity index (χ0n) is 10.1. The minimum Gasteiger partial charge on any atom is -0.375 e. The maximum atomic E-state index is 13.3. The molecule has 19 heavy (non-hydrogen) atoms. The number of carbonyl (C=O) groups excluding carboxylic acids is 1. The first kappa shape index (κ1) is 15.8. The van der Waals surface area contributed by atoms with Crippen molar-refractivity contribution in [3.63, 3.8) is 0 Å². The van der Waals surface area contributed by atoms with Gasteiger partial charge in [0, 0.05) is 19.2 Å². The Bertz CT molecular complexity index is 440. The fourth-order valence-electron chi connectivity index (χ4n) is 1.75. The van der Waals surface area contributed by atoms with Gasteiger partial charge in [0.05, 0.1) is 24.8 Å². The third-order valence-electron chi connectivity index (χ3n) is 2.62. The molecule has 1 aromatic carbocycles. The van der Waals surface area contributed by atoms with Gasteiger partial charge in [-0.1, -0.05) is 0 Å². The summed E-state index contributed by atoms with van der Waals surface area (Å²) < 4.78 is 31.3. The van der Waals surface area contributed by atoms with Gasteiger partial charge in [-0.3, -0.25) is 4.79 Å². The first-order chi connectivity index (χ1) is 8.65. The standard InChI is InChI=1S/C12H14F2N2O2.ClH/c13-8-1-2-11(10(14)5-8)16-12(17)6-9-7-15-3-4-18-9;/h1-2,5,9,15H,3-4,6-7H2,(H,16,17);1H. The molecule has 4 nitrogen and oxygen atoms in total. The predicted octanol–water partition coefficient (Wildman–Crippen LogP) is 1.70. The van der Waals surface area contributed by atoms with E-state index in [2.05, 4.69) is 10.6 Å². The van der Waals surface area contributed by atoms with Crippen LogP contribution in [-0.4, -0.2) is 31.7 Å². The molecule has 106 valence electrons. The molecule has 2 N–H and O–H groups in total. The van der Waals surface area contributed by atoms with Crippen molar-refractivity contribution in [3.05, 3.63) is 29.8 Å². The molecule has 0 aliphatic carbocycles. The van der Waals surface area contributed by atoms with E-state index in [9.17, 15) is 13.6 Å². The molecule has 1 saturated heterocycles. The molecule has 0 spiro atoms. The van der Waals surface area contributed by atoms with Crippen molar-refractivity contribution in [2.75, 3.05) is 25.0 Å². The summed E-state index contributed by atoms with van der Waals surface area (Å²) in [7, 11) is 0. The molecule has 0 radical (unpaired) electrons. The molecule has 1 aromatic rings. The van der Waals surface area contributed by atoms with Gasteiger partial charge in [0.2, 0.25) is 5.91 Å². The molecule has 1 atom stereocenters. The van der Waals surface area contributed by atoms with Crippen LogP contribution in [0.3, 0.4) is 0 Å². The summed E-state index contributed by atoms with van der Waals surface area (Å²) in [6.45, 7) is 1.92. The lowest BCUT2D eigenvalue weighted by molar-refractivity contribution is -0.119. The smallest absolute Gasteiger partial charge is 0.227 e. The van der Waals surface area contributed by atoms with E-state index < -0.39 is 11.6 Å². The highest BCUT2D eigenvalue weighted by Crippen LogP contribution is 2.15. The van der Waals surface area contributed by atoms with Crippen LogP contribution in [0.2, 0.25) is 0 Å². The first-order valence-electron chi connectivity index (χ1n) is 5.72. The van der Waals surface area contributed by atoms with Crippen molar-refractivity contribution in [3.8, 4) is 0 Å². The van der Waals surface area contributed by atoms with E-state index in [0.717, 1.165) is 18.7 Å². The molecule has 1 unspecified atom stereocenters. The van der Waals surface area contributed by atoms with E-state index in [4.69, 9.17) is 4.74 Å². The lowest BCUT2D eigenvalue weighted by atomic mass is 10.2. The van der Waals surface area contributed by atoms with E-state index in [-0.39, 0.29) is 36.5 Å². The normalized spacial score (nSPS) is 18.5. The summed E-state index contributed by atoms with van der Waals surface area (Å²) in [5.74, 6) is -1.81. The van der Waals surface area contributed by atoms with E-state index >= 15 is 0 Å². The van der Waals surface area contributed by atoms with Crippen molar-refractivity contribution in [1.82, 2.24) is 5.32 Å². The van der Waals surface area contributed by atoms with Gasteiger partial charge in [0.15, 0.2) is 0 Å². The maximum absolute atomic E-state index is 13.3. The van der Waals surface area contributed by atoms with E-state index in [0.29, 0.717) is 13.2 Å². The van der Waals surface area contributed by atoms with Crippen molar-refractivity contribution in [2.45, 2.75) is 12.5 Å². The zero-order valence-corrected chi connectivity index (χ0v) is 10.9. The molecule has 1 heterocycles. The number of nitrogens with one attached hydrogen (secondary N) is 2. The van der Waals surface area contributed by atoms with Crippen LogP contribution in [0.5, 0.6) is 0 Å². The quantitative estimate of drug-likeness (QED) is 0.892. The summed E-state index contributed by atoms with van der Waals surface area (Å²) in [6, 6.07) is 3.02. The second-order valence-electron chi connectivity index (χ2n) is 4.07. The highest BCUT2D eigenvalue weighted by atomic mass is 35.5. The van der Waals surface area contributed by atoms with E-state index in [1.165, 1.54) is 6.07 Å². The molecular weight excluding hydrogens is 278 g/mol. The maximum Gasteiger partial charge on any atom is 0.227 e. The Morgan fingerprint density at radius 2 is 2.26 bits per heavy atom. The number of carbonyl (C=O) groups is 1. The molecule has 1 amide bonds. The highest BCUT2D eigenvalue weighted by Gasteiger charge is 2.18. The number of morpholine rings is 1. The number of hydrogen-bond donors (Lipinski definition) is 2. The molecule has 0 saturated carbocycles. The van der Waals surface area contributed by atoms with Crippen molar-refractivity contribution < 1.29 is 18.3 Å². The Kier molecular flexibility index (Phi) is 6.14. The van der Waals surface area contributed by atoms with Crippen molar-refractivity contribution >= 4 is 24.0 Å². The lowest BCUT2D eigenvalue weighted by Crippen LogP contribution is -2.40. The number of halogens is 3. The van der Waals surface area contributed by atoms with Gasteiger partial charge in [-0.05, 0) is 12.1 Å². The molecule has 7 heteroatoms. The first-order valence-corrected chi connectivity index (χ1v) is 5.72. The third-order valence-corrected chi connectivity index (χ3v) is 2.62. The number of rotatable bonds is 3. The minimum absolute atomic E-state index is 0. The number of ether oxygens (including phenoxy) is 1. The fraction of sp³-hybridized carbons (Fsp3) is 0.417. The number of anilines is 1. The van der Waals surface area contributed by atoms with Gasteiger partial charge in [0.25, 0.3) is 0 Å². The molecule has 1 aliphatic rings. The fourth-order valence-corrected chi connectivity index (χ4v) is 1.75. The van der Waals surface area contributed by atoms with Crippen LogP contribution in [0.15, 0.2) is 18.2 Å². The number of benzene rings is 1. The molecule has 2 rings (SSSR count). The van der Waals surface area contributed by atoms with E-state index in [1.807, 2.05) is 0 Å². The molecule has 0 aromatic heterocycles. The Balaban J connectivity index is 0.00000180. The van der Waals surface area contributed by atoms with Gasteiger partial charge in [-0.15, -0.1) is 12.4 Å². The van der Waals surface area contributed by atoms with Crippen LogP contribution in [0.25, 0.3) is 0 Å². The van der Waals surface area contributed by atoms with Gasteiger partial charge in [0.1, 0.15) is 11.6 Å². The van der Waals surface area contributed by atoms with Crippen molar-refractivity contribution in [1.29, 1.82) is 0 Å². The van der Waals surface area contributed by atoms with Crippen LogP contribution >= 0.6 is 12.4 Å². The Morgan fingerprint density at radius 1 is 1.47 bits per heavy atom. The average molecular weight is 293 g/mol. The highest BCUT2D eigenvalue weighted by molar-refractivity contribution is 5.91. The molecule has 0 bridgehead atoms. The summed E-state index contributed by atoms with van der Waals surface area (Å²) >= 11 is 0. The van der Waals surface area contributed by atoms with Crippen LogP contribution < -0.4 is 10.6 Å². The third kappa shape index (κ3) is 4.74. The Hall–Kier alpha value is -1.24. The Labute approximate surface area is 115 Å². The van der Waals surface area contributed by atoms with Gasteiger partial charge in [-0.25, -0.2) is 8.78 Å². The average Bonchev–Trinajstić information content (AvgIpc) is 2.34. The minimum atomic E-state index is -0.786. The second-order valence-corrected chi connectivity index (χ2v) is 4.07. The number of amides is 1. The SMILES string of the molecule is Cl.O=C(CC1CNCCO1)Nc1ccc(F)cc1F. The molecule has 1 aliphatic heterocycles. The Morgan fingerprint density at radius 3 is 2.89 bits per heavy atom. The van der Waals surface area contributed by atoms with Crippen LogP contribution in [-0.2, 0) is 9.53 Å². The van der Waals surface area contributed by atoms with Gasteiger partial charge in [-0.2, -0.15) is 0 Å². The molecule has 1 fully saturated rings. The molecular formula is C12H15ClF2N2O2. The zero-order chi connectivity index (χ0) is 13.0.